The fourth-order valence-corrected chi connectivity index (χ4v) is 7.04. The molecule has 4 atom stereocenters. The number of pyridine rings is 1. The molecular weight excluding hydrogens is 441 g/mol. The number of piperidine rings is 2. The van der Waals surface area contributed by atoms with Gasteiger partial charge in [-0.15, -0.1) is 0 Å². The number of likely N-dealkylation sites (tertiary alicyclic amines) is 2. The van der Waals surface area contributed by atoms with Crippen LogP contribution in [-0.4, -0.2) is 63.2 Å². The molecule has 3 aliphatic rings. The monoisotopic (exact) mass is 481 g/mol. The zero-order chi connectivity index (χ0) is 24.6. The lowest BCUT2D eigenvalue weighted by Gasteiger charge is -2.47. The van der Waals surface area contributed by atoms with Crippen molar-refractivity contribution in [3.8, 4) is 0 Å². The molecule has 0 bridgehead atoms. The van der Waals surface area contributed by atoms with Crippen LogP contribution in [0.4, 0.5) is 21.6 Å². The number of hydrogen-bond donors (Lipinski definition) is 1. The summed E-state index contributed by atoms with van der Waals surface area (Å²) in [4.78, 5) is 18.7. The number of rotatable bonds is 6. The Bertz CT molecular complexity index is 1090. The van der Waals surface area contributed by atoms with Crippen molar-refractivity contribution in [2.24, 2.45) is 5.73 Å². The number of halogens is 1. The highest BCUT2D eigenvalue weighted by Crippen LogP contribution is 2.44. The Labute approximate surface area is 208 Å². The van der Waals surface area contributed by atoms with E-state index < -0.39 is 5.91 Å². The SMILES string of the molecule is C[N+]1(c2ccc(F)c(CCC(N)=O)c2)CCCC2C1CC[N+]2(C)c1cc(N2CCCCC2)ccn1. The number of fused-ring (bicyclic) bond motifs is 1. The number of aromatic nitrogens is 1. The number of nitrogens with zero attached hydrogens (tertiary/aromatic N) is 4. The molecule has 4 heterocycles. The van der Waals surface area contributed by atoms with Gasteiger partial charge >= 0.3 is 0 Å². The minimum Gasteiger partial charge on any atom is -0.371 e. The van der Waals surface area contributed by atoms with Crippen LogP contribution >= 0.6 is 0 Å². The third-order valence-electron chi connectivity index (χ3n) is 9.15. The molecule has 0 aliphatic carbocycles. The van der Waals surface area contributed by atoms with Crippen molar-refractivity contribution in [3.05, 3.63) is 47.9 Å². The molecule has 1 amide bonds. The topological polar surface area (TPSA) is 59.2 Å². The molecule has 1 aromatic carbocycles. The number of benzene rings is 1. The van der Waals surface area contributed by atoms with E-state index in [-0.39, 0.29) is 12.2 Å². The first kappa shape index (κ1) is 24.2. The Balaban J connectivity index is 1.43. The van der Waals surface area contributed by atoms with E-state index in [9.17, 15) is 9.18 Å². The van der Waals surface area contributed by atoms with Crippen molar-refractivity contribution in [3.63, 3.8) is 0 Å². The lowest BCUT2D eigenvalue weighted by atomic mass is 9.91. The van der Waals surface area contributed by atoms with Gasteiger partial charge in [-0.25, -0.2) is 9.37 Å². The summed E-state index contributed by atoms with van der Waals surface area (Å²) in [5.74, 6) is 0.535. The maximum Gasteiger partial charge on any atom is 0.229 e. The van der Waals surface area contributed by atoms with Gasteiger partial charge < -0.3 is 10.6 Å². The quantitative estimate of drug-likeness (QED) is 0.631. The van der Waals surface area contributed by atoms with E-state index in [2.05, 4.69) is 31.1 Å². The summed E-state index contributed by atoms with van der Waals surface area (Å²) in [5.41, 5.74) is 8.38. The van der Waals surface area contributed by atoms with E-state index in [0.717, 1.165) is 53.7 Å². The van der Waals surface area contributed by atoms with Gasteiger partial charge in [-0.2, -0.15) is 0 Å². The van der Waals surface area contributed by atoms with Crippen LogP contribution in [0.5, 0.6) is 0 Å². The van der Waals surface area contributed by atoms with Gasteiger partial charge in [0.1, 0.15) is 17.5 Å². The van der Waals surface area contributed by atoms with Crippen molar-refractivity contribution in [2.45, 2.75) is 63.5 Å². The van der Waals surface area contributed by atoms with Gasteiger partial charge in [0.25, 0.3) is 0 Å². The van der Waals surface area contributed by atoms with Gasteiger partial charge in [-0.3, -0.25) is 13.8 Å². The Kier molecular flexibility index (Phi) is 6.57. The van der Waals surface area contributed by atoms with Crippen LogP contribution in [0, 0.1) is 5.82 Å². The van der Waals surface area contributed by atoms with Crippen LogP contribution in [0.25, 0.3) is 0 Å². The van der Waals surface area contributed by atoms with Gasteiger partial charge in [0.2, 0.25) is 11.7 Å². The van der Waals surface area contributed by atoms with Gasteiger partial charge in [-0.05, 0) is 43.4 Å². The molecule has 6 nitrogen and oxygen atoms in total. The number of carbonyl (C=O) groups is 1. The standard InChI is InChI=1S/C28H39FN5O/c1-33(23-9-10-24(29)21(19-23)8-11-27(30)35)17-6-7-25-26(33)13-18-34(25,2)28-20-22(12-14-31-28)32-15-4-3-5-16-32/h9-10,12,14,19-20,25-26H,3-8,11,13,15-18H2,1-2H3,(H-,30,35)/q+1/p+1. The van der Waals surface area contributed by atoms with Crippen molar-refractivity contribution in [2.75, 3.05) is 45.2 Å². The predicted molar refractivity (Wildman–Crippen MR) is 141 cm³/mol. The number of aryl methyl sites for hydroxylation is 1. The molecule has 0 spiro atoms. The summed E-state index contributed by atoms with van der Waals surface area (Å²) in [6.45, 7) is 4.38. The first-order valence-corrected chi connectivity index (χ1v) is 13.3. The fraction of sp³-hybridized carbons (Fsp3) is 0.571. The van der Waals surface area contributed by atoms with Crippen molar-refractivity contribution in [1.82, 2.24) is 14.0 Å². The van der Waals surface area contributed by atoms with Crippen LogP contribution in [0.15, 0.2) is 36.5 Å². The minimum absolute atomic E-state index is 0.171. The first-order chi connectivity index (χ1) is 16.8. The summed E-state index contributed by atoms with van der Waals surface area (Å²) in [7, 11) is 4.68. The third-order valence-corrected chi connectivity index (χ3v) is 9.15. The lowest BCUT2D eigenvalue weighted by molar-refractivity contribution is -0.117. The van der Waals surface area contributed by atoms with Crippen LogP contribution < -0.4 is 19.6 Å². The summed E-state index contributed by atoms with van der Waals surface area (Å²) >= 11 is 0. The summed E-state index contributed by atoms with van der Waals surface area (Å²) < 4.78 is 16.2. The third kappa shape index (κ3) is 4.45. The largest absolute Gasteiger partial charge is 0.371 e. The summed E-state index contributed by atoms with van der Waals surface area (Å²) in [6.07, 6.45) is 9.81. The molecule has 4 unspecified atom stereocenters. The van der Waals surface area contributed by atoms with Gasteiger partial charge in [-0.1, -0.05) is 0 Å². The van der Waals surface area contributed by atoms with Gasteiger partial charge in [0.05, 0.1) is 33.6 Å². The average Bonchev–Trinajstić information content (AvgIpc) is 3.23. The zero-order valence-electron chi connectivity index (χ0n) is 21.3. The van der Waals surface area contributed by atoms with Crippen molar-refractivity contribution < 1.29 is 9.18 Å². The molecule has 3 aliphatic heterocycles. The van der Waals surface area contributed by atoms with Crippen molar-refractivity contribution >= 4 is 23.1 Å². The van der Waals surface area contributed by atoms with Crippen LogP contribution in [0.2, 0.25) is 0 Å². The van der Waals surface area contributed by atoms with E-state index in [0.29, 0.717) is 24.1 Å². The van der Waals surface area contributed by atoms with E-state index in [1.165, 1.54) is 37.2 Å². The second-order valence-corrected chi connectivity index (χ2v) is 11.2. The second kappa shape index (κ2) is 9.51. The highest BCUT2D eigenvalue weighted by molar-refractivity contribution is 5.74. The number of amides is 1. The molecule has 1 aromatic heterocycles. The molecule has 35 heavy (non-hydrogen) atoms. The normalized spacial score (nSPS) is 30.8. The maximum absolute atomic E-state index is 14.5. The number of carbonyl (C=O) groups excluding carboxylic acids is 1. The molecule has 2 N–H and O–H groups in total. The minimum atomic E-state index is -0.392. The highest BCUT2D eigenvalue weighted by Gasteiger charge is 2.58. The van der Waals surface area contributed by atoms with E-state index in [4.69, 9.17) is 10.7 Å². The smallest absolute Gasteiger partial charge is 0.229 e. The van der Waals surface area contributed by atoms with E-state index >= 15 is 0 Å². The fourth-order valence-electron chi connectivity index (χ4n) is 7.04. The van der Waals surface area contributed by atoms with E-state index in [1.807, 2.05) is 18.3 Å². The Morgan fingerprint density at radius 2 is 1.80 bits per heavy atom. The van der Waals surface area contributed by atoms with Crippen LogP contribution in [0.1, 0.15) is 50.5 Å². The molecule has 7 heteroatoms. The second-order valence-electron chi connectivity index (χ2n) is 11.2. The molecule has 3 saturated heterocycles. The molecule has 3 fully saturated rings. The summed E-state index contributed by atoms with van der Waals surface area (Å²) in [5, 5.41) is 0. The average molecular weight is 482 g/mol. The lowest BCUT2D eigenvalue weighted by Crippen LogP contribution is -2.65. The predicted octanol–water partition coefficient (Wildman–Crippen LogP) is 4.14. The number of nitrogens with two attached hydrogens (primary N) is 1. The number of likely N-dealkylation sites (N-methyl/N-ethyl adjacent to an activating group) is 2. The first-order valence-electron chi connectivity index (χ1n) is 13.3. The highest BCUT2D eigenvalue weighted by atomic mass is 19.1. The number of hydrogen-bond acceptors (Lipinski definition) is 3. The number of anilines is 1. The number of quaternary nitrogens is 2. The molecule has 2 aromatic rings. The van der Waals surface area contributed by atoms with E-state index in [1.54, 1.807) is 6.07 Å². The molecule has 188 valence electrons. The zero-order valence-corrected chi connectivity index (χ0v) is 21.3. The Morgan fingerprint density at radius 1 is 1.03 bits per heavy atom. The molecular formula is C28H40FN5O+2. The van der Waals surface area contributed by atoms with Gasteiger partial charge in [0.15, 0.2) is 6.04 Å². The summed E-state index contributed by atoms with van der Waals surface area (Å²) in [6, 6.07) is 10.9. The van der Waals surface area contributed by atoms with Crippen LogP contribution in [-0.2, 0) is 11.2 Å². The number of primary amides is 1. The van der Waals surface area contributed by atoms with Crippen molar-refractivity contribution in [1.29, 1.82) is 0 Å². The Hall–Kier alpha value is -2.51. The molecule has 0 saturated carbocycles. The molecule has 5 rings (SSSR count). The maximum atomic E-state index is 14.5. The van der Waals surface area contributed by atoms with Gasteiger partial charge in [0, 0.05) is 62.4 Å². The van der Waals surface area contributed by atoms with Crippen LogP contribution in [0.3, 0.4) is 0 Å². The molecule has 0 radical (unpaired) electrons. The Morgan fingerprint density at radius 3 is 2.57 bits per heavy atom.